The minimum atomic E-state index is -0.339. The van der Waals surface area contributed by atoms with Crippen LogP contribution in [-0.2, 0) is 4.79 Å². The van der Waals surface area contributed by atoms with Gasteiger partial charge in [-0.2, -0.15) is 0 Å². The van der Waals surface area contributed by atoms with Gasteiger partial charge in [-0.1, -0.05) is 6.07 Å². The Hall–Kier alpha value is -1.42. The SMILES string of the molecule is Cc1ccc(F)cc1NC(=O)C1CCC(N)C1. The van der Waals surface area contributed by atoms with Gasteiger partial charge in [-0.05, 0) is 43.9 Å². The van der Waals surface area contributed by atoms with E-state index in [0.29, 0.717) is 5.69 Å². The predicted octanol–water partition coefficient (Wildman–Crippen LogP) is 2.20. The Bertz CT molecular complexity index is 433. The summed E-state index contributed by atoms with van der Waals surface area (Å²) in [5.41, 5.74) is 7.18. The van der Waals surface area contributed by atoms with Gasteiger partial charge in [-0.15, -0.1) is 0 Å². The number of amides is 1. The van der Waals surface area contributed by atoms with E-state index in [0.717, 1.165) is 24.8 Å². The molecule has 2 unspecified atom stereocenters. The lowest BCUT2D eigenvalue weighted by atomic mass is 10.1. The number of benzene rings is 1. The highest BCUT2D eigenvalue weighted by molar-refractivity contribution is 5.93. The first-order valence-corrected chi connectivity index (χ1v) is 5.89. The van der Waals surface area contributed by atoms with E-state index in [1.807, 2.05) is 6.92 Å². The molecule has 1 aromatic rings. The maximum atomic E-state index is 13.1. The first kappa shape index (κ1) is 12.0. The number of halogens is 1. The summed E-state index contributed by atoms with van der Waals surface area (Å²) in [5.74, 6) is -0.423. The molecule has 2 rings (SSSR count). The van der Waals surface area contributed by atoms with Gasteiger partial charge < -0.3 is 11.1 Å². The Morgan fingerprint density at radius 2 is 2.24 bits per heavy atom. The number of nitrogens with two attached hydrogens (primary N) is 1. The van der Waals surface area contributed by atoms with E-state index in [1.54, 1.807) is 6.07 Å². The molecule has 0 saturated heterocycles. The third-order valence-electron chi connectivity index (χ3n) is 3.30. The smallest absolute Gasteiger partial charge is 0.227 e. The monoisotopic (exact) mass is 236 g/mol. The first-order chi connectivity index (χ1) is 8.06. The molecule has 1 aromatic carbocycles. The Balaban J connectivity index is 2.05. The van der Waals surface area contributed by atoms with Crippen LogP contribution in [0.1, 0.15) is 24.8 Å². The summed E-state index contributed by atoms with van der Waals surface area (Å²) in [6, 6.07) is 4.52. The summed E-state index contributed by atoms with van der Waals surface area (Å²) in [5, 5.41) is 2.78. The third kappa shape index (κ3) is 2.82. The highest BCUT2D eigenvalue weighted by Crippen LogP contribution is 2.26. The number of hydrogen-bond acceptors (Lipinski definition) is 2. The van der Waals surface area contributed by atoms with Crippen LogP contribution in [0.3, 0.4) is 0 Å². The van der Waals surface area contributed by atoms with Gasteiger partial charge in [-0.3, -0.25) is 4.79 Å². The summed E-state index contributed by atoms with van der Waals surface area (Å²) >= 11 is 0. The fraction of sp³-hybridized carbons (Fsp3) is 0.462. The van der Waals surface area contributed by atoms with Crippen LogP contribution in [0.25, 0.3) is 0 Å². The maximum Gasteiger partial charge on any atom is 0.227 e. The molecule has 92 valence electrons. The molecule has 0 heterocycles. The minimum absolute atomic E-state index is 0.0346. The van der Waals surface area contributed by atoms with Crippen LogP contribution in [0, 0.1) is 18.7 Å². The summed E-state index contributed by atoms with van der Waals surface area (Å²) in [4.78, 5) is 11.9. The molecule has 1 saturated carbocycles. The lowest BCUT2D eigenvalue weighted by Gasteiger charge is -2.12. The fourth-order valence-corrected chi connectivity index (χ4v) is 2.22. The van der Waals surface area contributed by atoms with Crippen molar-refractivity contribution in [3.8, 4) is 0 Å². The molecule has 1 fully saturated rings. The normalized spacial score (nSPS) is 23.7. The molecule has 3 N–H and O–H groups in total. The van der Waals surface area contributed by atoms with Gasteiger partial charge in [0.1, 0.15) is 5.82 Å². The number of carbonyl (C=O) groups excluding carboxylic acids is 1. The van der Waals surface area contributed by atoms with E-state index in [9.17, 15) is 9.18 Å². The van der Waals surface area contributed by atoms with Crippen LogP contribution in [-0.4, -0.2) is 11.9 Å². The van der Waals surface area contributed by atoms with Crippen LogP contribution in [0.15, 0.2) is 18.2 Å². The summed E-state index contributed by atoms with van der Waals surface area (Å²) < 4.78 is 13.1. The Morgan fingerprint density at radius 3 is 2.88 bits per heavy atom. The van der Waals surface area contributed by atoms with E-state index in [1.165, 1.54) is 12.1 Å². The van der Waals surface area contributed by atoms with Gasteiger partial charge in [0.05, 0.1) is 0 Å². The number of nitrogens with one attached hydrogen (secondary N) is 1. The Kier molecular flexibility index (Phi) is 3.43. The molecule has 0 radical (unpaired) electrons. The van der Waals surface area contributed by atoms with Crippen molar-refractivity contribution in [1.29, 1.82) is 0 Å². The molecule has 0 aliphatic heterocycles. The lowest BCUT2D eigenvalue weighted by Crippen LogP contribution is -2.23. The molecule has 1 aliphatic carbocycles. The second kappa shape index (κ2) is 4.84. The van der Waals surface area contributed by atoms with Gasteiger partial charge in [0.15, 0.2) is 0 Å². The average molecular weight is 236 g/mol. The predicted molar refractivity (Wildman–Crippen MR) is 65.1 cm³/mol. The van der Waals surface area contributed by atoms with Crippen LogP contribution in [0.5, 0.6) is 0 Å². The van der Waals surface area contributed by atoms with E-state index in [2.05, 4.69) is 5.32 Å². The van der Waals surface area contributed by atoms with Crippen molar-refractivity contribution in [1.82, 2.24) is 0 Å². The zero-order valence-electron chi connectivity index (χ0n) is 9.87. The molecule has 0 spiro atoms. The van der Waals surface area contributed by atoms with Crippen LogP contribution >= 0.6 is 0 Å². The van der Waals surface area contributed by atoms with E-state index < -0.39 is 0 Å². The number of anilines is 1. The summed E-state index contributed by atoms with van der Waals surface area (Å²) in [6.45, 7) is 1.84. The highest BCUT2D eigenvalue weighted by Gasteiger charge is 2.27. The molecular formula is C13H17FN2O. The van der Waals surface area contributed by atoms with E-state index in [4.69, 9.17) is 5.73 Å². The van der Waals surface area contributed by atoms with Crippen LogP contribution < -0.4 is 11.1 Å². The molecular weight excluding hydrogens is 219 g/mol. The van der Waals surface area contributed by atoms with E-state index in [-0.39, 0.29) is 23.7 Å². The number of hydrogen-bond donors (Lipinski definition) is 2. The van der Waals surface area contributed by atoms with Crippen molar-refractivity contribution in [2.45, 2.75) is 32.2 Å². The average Bonchev–Trinajstić information content (AvgIpc) is 2.70. The number of aryl methyl sites for hydroxylation is 1. The van der Waals surface area contributed by atoms with Crippen molar-refractivity contribution in [2.75, 3.05) is 5.32 Å². The van der Waals surface area contributed by atoms with Gasteiger partial charge in [0.25, 0.3) is 0 Å². The largest absolute Gasteiger partial charge is 0.328 e. The standard InChI is InChI=1S/C13H17FN2O/c1-8-2-4-10(14)7-12(8)16-13(17)9-3-5-11(15)6-9/h2,4,7,9,11H,3,5-6,15H2,1H3,(H,16,17). The quantitative estimate of drug-likeness (QED) is 0.827. The molecule has 0 aromatic heterocycles. The Morgan fingerprint density at radius 1 is 1.47 bits per heavy atom. The molecule has 17 heavy (non-hydrogen) atoms. The van der Waals surface area contributed by atoms with Crippen molar-refractivity contribution in [2.24, 2.45) is 11.7 Å². The van der Waals surface area contributed by atoms with Gasteiger partial charge in [0.2, 0.25) is 5.91 Å². The van der Waals surface area contributed by atoms with E-state index >= 15 is 0 Å². The van der Waals surface area contributed by atoms with Gasteiger partial charge >= 0.3 is 0 Å². The molecule has 4 heteroatoms. The number of carbonyl (C=O) groups is 1. The fourth-order valence-electron chi connectivity index (χ4n) is 2.22. The topological polar surface area (TPSA) is 55.1 Å². The first-order valence-electron chi connectivity index (χ1n) is 5.89. The van der Waals surface area contributed by atoms with Crippen molar-refractivity contribution < 1.29 is 9.18 Å². The van der Waals surface area contributed by atoms with Crippen molar-refractivity contribution in [3.63, 3.8) is 0 Å². The summed E-state index contributed by atoms with van der Waals surface area (Å²) in [7, 11) is 0. The second-order valence-corrected chi connectivity index (χ2v) is 4.72. The minimum Gasteiger partial charge on any atom is -0.328 e. The molecule has 1 amide bonds. The highest BCUT2D eigenvalue weighted by atomic mass is 19.1. The third-order valence-corrected chi connectivity index (χ3v) is 3.30. The zero-order chi connectivity index (χ0) is 12.4. The van der Waals surface area contributed by atoms with Crippen molar-refractivity contribution in [3.05, 3.63) is 29.6 Å². The van der Waals surface area contributed by atoms with Crippen LogP contribution in [0.4, 0.5) is 10.1 Å². The molecule has 0 bridgehead atoms. The van der Waals surface area contributed by atoms with Crippen molar-refractivity contribution >= 4 is 11.6 Å². The molecule has 1 aliphatic rings. The molecule has 2 atom stereocenters. The van der Waals surface area contributed by atoms with Gasteiger partial charge in [0, 0.05) is 17.6 Å². The van der Waals surface area contributed by atoms with Crippen LogP contribution in [0.2, 0.25) is 0 Å². The maximum absolute atomic E-state index is 13.1. The molecule has 3 nitrogen and oxygen atoms in total. The zero-order valence-corrected chi connectivity index (χ0v) is 9.87. The lowest BCUT2D eigenvalue weighted by molar-refractivity contribution is -0.119. The summed E-state index contributed by atoms with van der Waals surface area (Å²) in [6.07, 6.45) is 2.43. The number of rotatable bonds is 2. The second-order valence-electron chi connectivity index (χ2n) is 4.72. The Labute approximate surface area is 100 Å². The van der Waals surface area contributed by atoms with Gasteiger partial charge in [-0.25, -0.2) is 4.39 Å².